The first-order chi connectivity index (χ1) is 7.74. The van der Waals surface area contributed by atoms with Gasteiger partial charge in [0.2, 0.25) is 0 Å². The molecule has 2 aromatic rings. The first kappa shape index (κ1) is 10.9. The van der Waals surface area contributed by atoms with E-state index in [0.717, 1.165) is 22.7 Å². The molecule has 82 valence electrons. The van der Waals surface area contributed by atoms with Crippen LogP contribution in [0.2, 0.25) is 0 Å². The van der Waals surface area contributed by atoms with Crippen LogP contribution in [0.1, 0.15) is 16.3 Å². The number of phenols is 1. The molecule has 1 heterocycles. The van der Waals surface area contributed by atoms with Crippen molar-refractivity contribution in [2.24, 2.45) is 0 Å². The van der Waals surface area contributed by atoms with Crippen LogP contribution < -0.4 is 0 Å². The minimum Gasteiger partial charge on any atom is -0.508 e. The Kier molecular flexibility index (Phi) is 3.37. The topological polar surface area (TPSA) is 33.1 Å². The van der Waals surface area contributed by atoms with Crippen LogP contribution in [0.3, 0.4) is 0 Å². The van der Waals surface area contributed by atoms with Crippen LogP contribution in [0.4, 0.5) is 0 Å². The summed E-state index contributed by atoms with van der Waals surface area (Å²) in [7, 11) is 0. The molecular weight excluding hydrogens is 218 g/mol. The average Bonchev–Trinajstić information content (AvgIpc) is 2.64. The number of hydrogen-bond acceptors (Lipinski definition) is 3. The lowest BCUT2D eigenvalue weighted by molar-refractivity contribution is 0.475. The van der Waals surface area contributed by atoms with Crippen molar-refractivity contribution in [1.29, 1.82) is 0 Å². The molecule has 1 N–H and O–H groups in total. The van der Waals surface area contributed by atoms with Gasteiger partial charge in [-0.05, 0) is 24.6 Å². The number of hydrogen-bond donors (Lipinski definition) is 1. The number of allylic oxidation sites excluding steroid dienone is 1. The lowest BCUT2D eigenvalue weighted by atomic mass is 10.2. The SMILES string of the molecule is Cc1csc(CC=Cc2cccc(O)c2)n1. The van der Waals surface area contributed by atoms with Gasteiger partial charge in [0, 0.05) is 17.5 Å². The van der Waals surface area contributed by atoms with E-state index in [1.807, 2.05) is 25.1 Å². The van der Waals surface area contributed by atoms with Gasteiger partial charge in [0.15, 0.2) is 0 Å². The van der Waals surface area contributed by atoms with E-state index in [1.54, 1.807) is 23.5 Å². The summed E-state index contributed by atoms with van der Waals surface area (Å²) in [6.45, 7) is 2.00. The van der Waals surface area contributed by atoms with E-state index in [-0.39, 0.29) is 0 Å². The zero-order chi connectivity index (χ0) is 11.4. The van der Waals surface area contributed by atoms with Gasteiger partial charge in [-0.15, -0.1) is 11.3 Å². The minimum atomic E-state index is 0.298. The van der Waals surface area contributed by atoms with E-state index < -0.39 is 0 Å². The van der Waals surface area contributed by atoms with E-state index in [9.17, 15) is 5.11 Å². The van der Waals surface area contributed by atoms with E-state index in [4.69, 9.17) is 0 Å². The summed E-state index contributed by atoms with van der Waals surface area (Å²) in [5.41, 5.74) is 2.08. The second-order valence-electron chi connectivity index (χ2n) is 3.58. The van der Waals surface area contributed by atoms with Crippen molar-refractivity contribution in [2.75, 3.05) is 0 Å². The van der Waals surface area contributed by atoms with Crippen molar-refractivity contribution in [3.8, 4) is 5.75 Å². The molecule has 0 fully saturated rings. The summed E-state index contributed by atoms with van der Waals surface area (Å²) in [6, 6.07) is 7.21. The van der Waals surface area contributed by atoms with E-state index in [0.29, 0.717) is 5.75 Å². The van der Waals surface area contributed by atoms with Gasteiger partial charge in [0.1, 0.15) is 5.75 Å². The quantitative estimate of drug-likeness (QED) is 0.878. The Morgan fingerprint density at radius 2 is 2.31 bits per heavy atom. The normalized spacial score (nSPS) is 11.1. The molecule has 0 saturated carbocycles. The van der Waals surface area contributed by atoms with Crippen molar-refractivity contribution in [2.45, 2.75) is 13.3 Å². The van der Waals surface area contributed by atoms with Crippen molar-refractivity contribution in [1.82, 2.24) is 4.98 Å². The summed E-state index contributed by atoms with van der Waals surface area (Å²) >= 11 is 1.68. The van der Waals surface area contributed by atoms with Gasteiger partial charge in [0.05, 0.1) is 5.01 Å². The van der Waals surface area contributed by atoms with Gasteiger partial charge >= 0.3 is 0 Å². The molecule has 3 heteroatoms. The predicted octanol–water partition coefficient (Wildman–Crippen LogP) is 3.41. The van der Waals surface area contributed by atoms with Crippen LogP contribution >= 0.6 is 11.3 Å². The highest BCUT2D eigenvalue weighted by Crippen LogP contribution is 2.14. The third kappa shape index (κ3) is 2.94. The fourth-order valence-corrected chi connectivity index (χ4v) is 2.17. The Hall–Kier alpha value is -1.61. The predicted molar refractivity (Wildman–Crippen MR) is 67.7 cm³/mol. The maximum Gasteiger partial charge on any atom is 0.116 e. The molecule has 0 bridgehead atoms. The summed E-state index contributed by atoms with van der Waals surface area (Å²) in [5, 5.41) is 12.5. The molecule has 0 saturated heterocycles. The highest BCUT2D eigenvalue weighted by molar-refractivity contribution is 7.09. The van der Waals surface area contributed by atoms with E-state index >= 15 is 0 Å². The summed E-state index contributed by atoms with van der Waals surface area (Å²) in [5.74, 6) is 0.298. The zero-order valence-corrected chi connectivity index (χ0v) is 9.87. The maximum absolute atomic E-state index is 9.29. The second-order valence-corrected chi connectivity index (χ2v) is 4.53. The molecule has 16 heavy (non-hydrogen) atoms. The Morgan fingerprint density at radius 1 is 1.44 bits per heavy atom. The van der Waals surface area contributed by atoms with E-state index in [1.165, 1.54) is 0 Å². The number of nitrogens with zero attached hydrogens (tertiary/aromatic N) is 1. The monoisotopic (exact) mass is 231 g/mol. The van der Waals surface area contributed by atoms with Gasteiger partial charge in [-0.2, -0.15) is 0 Å². The van der Waals surface area contributed by atoms with Crippen LogP contribution in [0, 0.1) is 6.92 Å². The largest absolute Gasteiger partial charge is 0.508 e. The number of aromatic nitrogens is 1. The summed E-state index contributed by atoms with van der Waals surface area (Å²) in [4.78, 5) is 4.38. The summed E-state index contributed by atoms with van der Waals surface area (Å²) in [6.07, 6.45) is 4.90. The van der Waals surface area contributed by atoms with Crippen molar-refractivity contribution >= 4 is 17.4 Å². The molecule has 0 aliphatic rings. The average molecular weight is 231 g/mol. The molecule has 0 unspecified atom stereocenters. The first-order valence-corrected chi connectivity index (χ1v) is 5.98. The molecule has 0 aliphatic heterocycles. The number of benzene rings is 1. The molecule has 0 radical (unpaired) electrons. The number of phenolic OH excluding ortho intramolecular Hbond substituents is 1. The highest BCUT2D eigenvalue weighted by atomic mass is 32.1. The molecular formula is C13H13NOS. The molecule has 0 amide bonds. The number of thiazole rings is 1. The molecule has 1 aromatic carbocycles. The second kappa shape index (κ2) is 4.94. The molecule has 0 aliphatic carbocycles. The zero-order valence-electron chi connectivity index (χ0n) is 9.05. The highest BCUT2D eigenvalue weighted by Gasteiger charge is 1.95. The first-order valence-electron chi connectivity index (χ1n) is 5.10. The third-order valence-corrected chi connectivity index (χ3v) is 3.13. The smallest absolute Gasteiger partial charge is 0.116 e. The van der Waals surface area contributed by atoms with Gasteiger partial charge < -0.3 is 5.11 Å². The Labute approximate surface area is 98.9 Å². The molecule has 0 atom stereocenters. The number of aromatic hydroxyl groups is 1. The standard InChI is InChI=1S/C13H13NOS/c1-10-9-16-13(14-10)7-3-5-11-4-2-6-12(15)8-11/h2-6,8-9,15H,7H2,1H3. The van der Waals surface area contributed by atoms with Crippen LogP contribution in [-0.4, -0.2) is 10.1 Å². The van der Waals surface area contributed by atoms with Crippen LogP contribution in [-0.2, 0) is 6.42 Å². The summed E-state index contributed by atoms with van der Waals surface area (Å²) < 4.78 is 0. The number of rotatable bonds is 3. The lowest BCUT2D eigenvalue weighted by Crippen LogP contribution is -1.79. The van der Waals surface area contributed by atoms with Gasteiger partial charge in [-0.1, -0.05) is 24.3 Å². The fraction of sp³-hybridized carbons (Fsp3) is 0.154. The van der Waals surface area contributed by atoms with Crippen molar-refractivity contribution in [3.05, 3.63) is 52.0 Å². The Morgan fingerprint density at radius 3 is 3.00 bits per heavy atom. The van der Waals surface area contributed by atoms with Gasteiger partial charge in [-0.25, -0.2) is 4.98 Å². The van der Waals surface area contributed by atoms with Gasteiger partial charge in [0.25, 0.3) is 0 Å². The van der Waals surface area contributed by atoms with Crippen LogP contribution in [0.25, 0.3) is 6.08 Å². The van der Waals surface area contributed by atoms with Gasteiger partial charge in [-0.3, -0.25) is 0 Å². The van der Waals surface area contributed by atoms with Crippen LogP contribution in [0.5, 0.6) is 5.75 Å². The molecule has 2 rings (SSSR count). The lowest BCUT2D eigenvalue weighted by Gasteiger charge is -1.94. The van der Waals surface area contributed by atoms with Crippen molar-refractivity contribution < 1.29 is 5.11 Å². The number of aryl methyl sites for hydroxylation is 1. The van der Waals surface area contributed by atoms with Crippen molar-refractivity contribution in [3.63, 3.8) is 0 Å². The molecule has 1 aromatic heterocycles. The minimum absolute atomic E-state index is 0.298. The van der Waals surface area contributed by atoms with E-state index in [2.05, 4.69) is 16.4 Å². The van der Waals surface area contributed by atoms with Crippen LogP contribution in [0.15, 0.2) is 35.7 Å². The Balaban J connectivity index is 2.00. The molecule has 0 spiro atoms. The Bertz CT molecular complexity index is 502. The maximum atomic E-state index is 9.29. The molecule has 2 nitrogen and oxygen atoms in total. The fourth-order valence-electron chi connectivity index (χ4n) is 1.42. The third-order valence-electron chi connectivity index (χ3n) is 2.14.